The van der Waals surface area contributed by atoms with Gasteiger partial charge in [-0.05, 0) is 49.4 Å². The molecular formula is C16H19NO4. The van der Waals surface area contributed by atoms with Gasteiger partial charge in [0.05, 0.1) is 0 Å². The van der Waals surface area contributed by atoms with Crippen molar-refractivity contribution in [2.24, 2.45) is 5.92 Å². The molecule has 0 bridgehead atoms. The van der Waals surface area contributed by atoms with Crippen molar-refractivity contribution >= 4 is 17.6 Å². The summed E-state index contributed by atoms with van der Waals surface area (Å²) in [6, 6.07) is 5.10. The average molecular weight is 289 g/mol. The van der Waals surface area contributed by atoms with Crippen LogP contribution in [0.5, 0.6) is 5.75 Å². The van der Waals surface area contributed by atoms with E-state index in [4.69, 9.17) is 9.84 Å². The molecule has 0 aliphatic heterocycles. The van der Waals surface area contributed by atoms with Crippen molar-refractivity contribution in [1.82, 2.24) is 0 Å². The molecule has 0 saturated heterocycles. The molecule has 0 spiro atoms. The Labute approximate surface area is 123 Å². The van der Waals surface area contributed by atoms with Crippen LogP contribution in [0.4, 0.5) is 5.69 Å². The highest BCUT2D eigenvalue weighted by molar-refractivity contribution is 5.91. The summed E-state index contributed by atoms with van der Waals surface area (Å²) in [5.41, 5.74) is 1.57. The minimum Gasteiger partial charge on any atom is -0.482 e. The predicted octanol–water partition coefficient (Wildman–Crippen LogP) is 2.75. The van der Waals surface area contributed by atoms with E-state index in [-0.39, 0.29) is 12.5 Å². The molecule has 1 aliphatic carbocycles. The molecule has 1 atom stereocenters. The highest BCUT2D eigenvalue weighted by Crippen LogP contribution is 2.24. The van der Waals surface area contributed by atoms with Crippen molar-refractivity contribution in [3.05, 3.63) is 35.9 Å². The maximum atomic E-state index is 12.0. The highest BCUT2D eigenvalue weighted by atomic mass is 16.5. The van der Waals surface area contributed by atoms with Gasteiger partial charge in [-0.25, -0.2) is 4.79 Å². The molecule has 0 radical (unpaired) electrons. The van der Waals surface area contributed by atoms with E-state index in [1.807, 2.05) is 6.92 Å². The van der Waals surface area contributed by atoms with Gasteiger partial charge in [-0.15, -0.1) is 0 Å². The lowest BCUT2D eigenvalue weighted by atomic mass is 10.0. The van der Waals surface area contributed by atoms with Crippen LogP contribution in [0.1, 0.15) is 24.8 Å². The fourth-order valence-electron chi connectivity index (χ4n) is 2.32. The second-order valence-corrected chi connectivity index (χ2v) is 5.18. The SMILES string of the molecule is Cc1cc(OCC(=O)O)ccc1NC(=O)C[C@@H]1C=CCC1. The second kappa shape index (κ2) is 6.92. The Hall–Kier alpha value is -2.30. The Balaban J connectivity index is 1.92. The van der Waals surface area contributed by atoms with Crippen LogP contribution < -0.4 is 10.1 Å². The van der Waals surface area contributed by atoms with Crippen LogP contribution >= 0.6 is 0 Å². The number of anilines is 1. The van der Waals surface area contributed by atoms with Crippen LogP contribution in [0, 0.1) is 12.8 Å². The van der Waals surface area contributed by atoms with Gasteiger partial charge in [0.15, 0.2) is 6.61 Å². The molecule has 5 nitrogen and oxygen atoms in total. The molecule has 1 aliphatic rings. The van der Waals surface area contributed by atoms with E-state index >= 15 is 0 Å². The number of hydrogen-bond acceptors (Lipinski definition) is 3. The maximum absolute atomic E-state index is 12.0. The topological polar surface area (TPSA) is 75.6 Å². The van der Waals surface area contributed by atoms with E-state index in [0.29, 0.717) is 18.1 Å². The van der Waals surface area contributed by atoms with Gasteiger partial charge in [-0.2, -0.15) is 0 Å². The molecular weight excluding hydrogens is 270 g/mol. The van der Waals surface area contributed by atoms with Crippen LogP contribution in [0.2, 0.25) is 0 Å². The van der Waals surface area contributed by atoms with Crippen molar-refractivity contribution in [1.29, 1.82) is 0 Å². The fourth-order valence-corrected chi connectivity index (χ4v) is 2.32. The summed E-state index contributed by atoms with van der Waals surface area (Å²) in [6.07, 6.45) is 6.78. The minimum atomic E-state index is -1.02. The van der Waals surface area contributed by atoms with Crippen molar-refractivity contribution in [2.45, 2.75) is 26.2 Å². The Morgan fingerprint density at radius 1 is 1.43 bits per heavy atom. The molecule has 1 aromatic rings. The van der Waals surface area contributed by atoms with Crippen LogP contribution in [-0.4, -0.2) is 23.6 Å². The first kappa shape index (κ1) is 15.1. The monoisotopic (exact) mass is 289 g/mol. The lowest BCUT2D eigenvalue weighted by Crippen LogP contribution is -2.15. The van der Waals surface area contributed by atoms with E-state index in [1.165, 1.54) is 0 Å². The number of carboxylic acids is 1. The first-order chi connectivity index (χ1) is 10.0. The molecule has 0 fully saturated rings. The molecule has 0 aromatic heterocycles. The van der Waals surface area contributed by atoms with Gasteiger partial charge in [-0.3, -0.25) is 4.79 Å². The number of amides is 1. The van der Waals surface area contributed by atoms with Gasteiger partial charge in [0, 0.05) is 12.1 Å². The van der Waals surface area contributed by atoms with Gasteiger partial charge in [0.1, 0.15) is 5.75 Å². The summed E-state index contributed by atoms with van der Waals surface area (Å²) in [5.74, 6) is -0.210. The number of ether oxygens (including phenoxy) is 1. The van der Waals surface area contributed by atoms with Gasteiger partial charge >= 0.3 is 5.97 Å². The molecule has 2 rings (SSSR count). The third-order valence-electron chi connectivity index (χ3n) is 3.39. The largest absolute Gasteiger partial charge is 0.482 e. The number of rotatable bonds is 6. The summed E-state index contributed by atoms with van der Waals surface area (Å²) in [4.78, 5) is 22.4. The quantitative estimate of drug-likeness (QED) is 0.790. The number of aliphatic carboxylic acids is 1. The van der Waals surface area contributed by atoms with Crippen molar-refractivity contribution in [3.63, 3.8) is 0 Å². The van der Waals surface area contributed by atoms with Crippen molar-refractivity contribution < 1.29 is 19.4 Å². The Bertz CT molecular complexity index is 565. The number of aryl methyl sites for hydroxylation is 1. The number of benzene rings is 1. The van der Waals surface area contributed by atoms with E-state index < -0.39 is 5.97 Å². The second-order valence-electron chi connectivity index (χ2n) is 5.18. The first-order valence-corrected chi connectivity index (χ1v) is 6.96. The maximum Gasteiger partial charge on any atom is 0.341 e. The molecule has 2 N–H and O–H groups in total. The number of carboxylic acid groups (broad SMARTS) is 1. The Morgan fingerprint density at radius 2 is 2.24 bits per heavy atom. The molecule has 0 heterocycles. The lowest BCUT2D eigenvalue weighted by Gasteiger charge is -2.12. The van der Waals surface area contributed by atoms with Gasteiger partial charge in [0.25, 0.3) is 0 Å². The summed E-state index contributed by atoms with van der Waals surface area (Å²) in [7, 11) is 0. The summed E-state index contributed by atoms with van der Waals surface area (Å²) < 4.78 is 5.09. The predicted molar refractivity (Wildman–Crippen MR) is 79.4 cm³/mol. The third-order valence-corrected chi connectivity index (χ3v) is 3.39. The fraction of sp³-hybridized carbons (Fsp3) is 0.375. The zero-order valence-corrected chi connectivity index (χ0v) is 12.0. The van der Waals surface area contributed by atoms with Crippen LogP contribution in [-0.2, 0) is 9.59 Å². The number of carbonyl (C=O) groups is 2. The van der Waals surface area contributed by atoms with E-state index in [0.717, 1.165) is 24.1 Å². The molecule has 5 heteroatoms. The van der Waals surface area contributed by atoms with Gasteiger partial charge in [0.2, 0.25) is 5.91 Å². The molecule has 1 aromatic carbocycles. The number of carbonyl (C=O) groups excluding carboxylic acids is 1. The van der Waals surface area contributed by atoms with E-state index in [1.54, 1.807) is 18.2 Å². The van der Waals surface area contributed by atoms with E-state index in [9.17, 15) is 9.59 Å². The smallest absolute Gasteiger partial charge is 0.341 e. The number of nitrogens with one attached hydrogen (secondary N) is 1. The first-order valence-electron chi connectivity index (χ1n) is 6.96. The average Bonchev–Trinajstić information content (AvgIpc) is 2.92. The lowest BCUT2D eigenvalue weighted by molar-refractivity contribution is -0.139. The van der Waals surface area contributed by atoms with Gasteiger partial charge < -0.3 is 15.2 Å². The molecule has 1 amide bonds. The van der Waals surface area contributed by atoms with Crippen LogP contribution in [0.3, 0.4) is 0 Å². The normalized spacial score (nSPS) is 16.7. The Kier molecular flexibility index (Phi) is 4.98. The van der Waals surface area contributed by atoms with Crippen LogP contribution in [0.25, 0.3) is 0 Å². The molecule has 0 saturated carbocycles. The van der Waals surface area contributed by atoms with Crippen LogP contribution in [0.15, 0.2) is 30.4 Å². The van der Waals surface area contributed by atoms with Crippen molar-refractivity contribution in [2.75, 3.05) is 11.9 Å². The number of hydrogen-bond donors (Lipinski definition) is 2. The van der Waals surface area contributed by atoms with Gasteiger partial charge in [-0.1, -0.05) is 12.2 Å². The standard InChI is InChI=1S/C16H19NO4/c1-11-8-13(21-10-16(19)20)6-7-14(11)17-15(18)9-12-4-2-3-5-12/h2,4,6-8,12H,3,5,9-10H2,1H3,(H,17,18)(H,19,20)/t12-/m1/s1. The summed E-state index contributed by atoms with van der Waals surface area (Å²) in [6.45, 7) is 1.47. The third kappa shape index (κ3) is 4.63. The molecule has 0 unspecified atom stereocenters. The molecule has 112 valence electrons. The number of allylic oxidation sites excluding steroid dienone is 2. The Morgan fingerprint density at radius 3 is 2.86 bits per heavy atom. The minimum absolute atomic E-state index is 0.00569. The zero-order chi connectivity index (χ0) is 15.2. The zero-order valence-electron chi connectivity index (χ0n) is 12.0. The van der Waals surface area contributed by atoms with Crippen molar-refractivity contribution in [3.8, 4) is 5.75 Å². The summed E-state index contributed by atoms with van der Waals surface area (Å²) >= 11 is 0. The van der Waals surface area contributed by atoms with E-state index in [2.05, 4.69) is 17.5 Å². The summed E-state index contributed by atoms with van der Waals surface area (Å²) in [5, 5.41) is 11.5. The molecule has 21 heavy (non-hydrogen) atoms. The highest BCUT2D eigenvalue weighted by Gasteiger charge is 2.14.